The number of amides is 1. The van der Waals surface area contributed by atoms with Crippen molar-refractivity contribution in [3.63, 3.8) is 0 Å². The lowest BCUT2D eigenvalue weighted by atomic mass is 9.69. The first-order chi connectivity index (χ1) is 10.7. The molecule has 22 heavy (non-hydrogen) atoms. The van der Waals surface area contributed by atoms with Gasteiger partial charge in [-0.3, -0.25) is 10.1 Å². The van der Waals surface area contributed by atoms with Crippen LogP contribution in [0.3, 0.4) is 0 Å². The molecule has 3 rings (SSSR count). The standard InChI is InChI=1S/C17H23FN2OS/c18-14-6-4-13(5-7-14)17(8-2-1-3-9-17)11-19-16(21)15-10-22-12-20-15/h4-7,15,20H,1-3,8-12H2,(H,19,21). The number of benzene rings is 1. The quantitative estimate of drug-likeness (QED) is 0.895. The Labute approximate surface area is 135 Å². The van der Waals surface area contributed by atoms with Crippen molar-refractivity contribution in [3.05, 3.63) is 35.6 Å². The van der Waals surface area contributed by atoms with Crippen LogP contribution in [-0.2, 0) is 10.2 Å². The van der Waals surface area contributed by atoms with Gasteiger partial charge in [-0.25, -0.2) is 4.39 Å². The molecule has 0 spiro atoms. The van der Waals surface area contributed by atoms with E-state index in [1.165, 1.54) is 31.4 Å². The molecule has 0 aromatic heterocycles. The molecule has 1 atom stereocenters. The zero-order valence-corrected chi connectivity index (χ0v) is 13.6. The van der Waals surface area contributed by atoms with Crippen LogP contribution in [-0.4, -0.2) is 30.1 Å². The number of carbonyl (C=O) groups excluding carboxylic acids is 1. The molecule has 0 bridgehead atoms. The highest BCUT2D eigenvalue weighted by molar-refractivity contribution is 7.99. The molecule has 5 heteroatoms. The third kappa shape index (κ3) is 3.46. The second-order valence-electron chi connectivity index (χ2n) is 6.34. The summed E-state index contributed by atoms with van der Waals surface area (Å²) < 4.78 is 13.2. The molecule has 0 radical (unpaired) electrons. The maximum atomic E-state index is 13.2. The van der Waals surface area contributed by atoms with Gasteiger partial charge in [-0.1, -0.05) is 31.4 Å². The fourth-order valence-corrected chi connectivity index (χ4v) is 4.48. The lowest BCUT2D eigenvalue weighted by Gasteiger charge is -2.38. The number of nitrogens with one attached hydrogen (secondary N) is 2. The zero-order valence-electron chi connectivity index (χ0n) is 12.7. The predicted molar refractivity (Wildman–Crippen MR) is 88.4 cm³/mol. The maximum absolute atomic E-state index is 13.2. The smallest absolute Gasteiger partial charge is 0.238 e. The Hall–Kier alpha value is -1.07. The van der Waals surface area contributed by atoms with Crippen LogP contribution in [0.15, 0.2) is 24.3 Å². The highest BCUT2D eigenvalue weighted by atomic mass is 32.2. The Morgan fingerprint density at radius 2 is 2.00 bits per heavy atom. The van der Waals surface area contributed by atoms with Gasteiger partial charge in [0.25, 0.3) is 0 Å². The minimum Gasteiger partial charge on any atom is -0.354 e. The van der Waals surface area contributed by atoms with Gasteiger partial charge in [0, 0.05) is 23.6 Å². The summed E-state index contributed by atoms with van der Waals surface area (Å²) in [4.78, 5) is 12.3. The normalized spacial score (nSPS) is 24.1. The number of rotatable bonds is 4. The molecule has 120 valence electrons. The largest absolute Gasteiger partial charge is 0.354 e. The summed E-state index contributed by atoms with van der Waals surface area (Å²) in [5.74, 6) is 1.58. The number of halogens is 1. The Balaban J connectivity index is 1.71. The molecule has 1 unspecified atom stereocenters. The van der Waals surface area contributed by atoms with Crippen molar-refractivity contribution in [2.45, 2.75) is 43.6 Å². The number of carbonyl (C=O) groups is 1. The van der Waals surface area contributed by atoms with E-state index >= 15 is 0 Å². The van der Waals surface area contributed by atoms with E-state index in [1.54, 1.807) is 11.8 Å². The monoisotopic (exact) mass is 322 g/mol. The Morgan fingerprint density at radius 1 is 1.27 bits per heavy atom. The van der Waals surface area contributed by atoms with Crippen molar-refractivity contribution < 1.29 is 9.18 Å². The minimum absolute atomic E-state index is 0.0344. The topological polar surface area (TPSA) is 41.1 Å². The fraction of sp³-hybridized carbons (Fsp3) is 0.588. The van der Waals surface area contributed by atoms with Gasteiger partial charge in [-0.15, -0.1) is 11.8 Å². The van der Waals surface area contributed by atoms with E-state index in [-0.39, 0.29) is 23.2 Å². The van der Waals surface area contributed by atoms with E-state index in [1.807, 2.05) is 12.1 Å². The first-order valence-electron chi connectivity index (χ1n) is 8.05. The molecule has 1 amide bonds. The van der Waals surface area contributed by atoms with Crippen molar-refractivity contribution in [2.75, 3.05) is 18.2 Å². The first-order valence-corrected chi connectivity index (χ1v) is 9.20. The molecule has 3 nitrogen and oxygen atoms in total. The molecule has 1 aromatic rings. The molecule has 1 aliphatic carbocycles. The summed E-state index contributed by atoms with van der Waals surface area (Å²) in [5.41, 5.74) is 1.12. The van der Waals surface area contributed by atoms with Crippen LogP contribution in [0.2, 0.25) is 0 Å². The van der Waals surface area contributed by atoms with Gasteiger partial charge in [0.15, 0.2) is 0 Å². The average molecular weight is 322 g/mol. The molecule has 1 aromatic carbocycles. The Bertz CT molecular complexity index is 508. The molecule has 1 saturated heterocycles. The highest BCUT2D eigenvalue weighted by Crippen LogP contribution is 2.39. The van der Waals surface area contributed by atoms with E-state index in [9.17, 15) is 9.18 Å². The number of hydrogen-bond donors (Lipinski definition) is 2. The Kier molecular flexibility index (Phi) is 5.03. The van der Waals surface area contributed by atoms with Crippen molar-refractivity contribution in [1.29, 1.82) is 0 Å². The van der Waals surface area contributed by atoms with E-state index in [4.69, 9.17) is 0 Å². The molecule has 2 N–H and O–H groups in total. The molecule has 2 fully saturated rings. The van der Waals surface area contributed by atoms with Gasteiger partial charge in [0.2, 0.25) is 5.91 Å². The third-order valence-electron chi connectivity index (χ3n) is 4.90. The van der Waals surface area contributed by atoms with Gasteiger partial charge in [-0.2, -0.15) is 0 Å². The molecular weight excluding hydrogens is 299 g/mol. The van der Waals surface area contributed by atoms with Gasteiger partial charge >= 0.3 is 0 Å². The molecule has 2 aliphatic rings. The summed E-state index contributed by atoms with van der Waals surface area (Å²) in [6.07, 6.45) is 5.71. The van der Waals surface area contributed by atoms with Crippen LogP contribution in [0.4, 0.5) is 4.39 Å². The first kappa shape index (κ1) is 15.8. The summed E-state index contributed by atoms with van der Waals surface area (Å²) in [6.45, 7) is 0.653. The van der Waals surface area contributed by atoms with Crippen molar-refractivity contribution in [3.8, 4) is 0 Å². The van der Waals surface area contributed by atoms with Crippen LogP contribution in [0.1, 0.15) is 37.7 Å². The van der Waals surface area contributed by atoms with Crippen LogP contribution in [0.5, 0.6) is 0 Å². The lowest BCUT2D eigenvalue weighted by Crippen LogP contribution is -2.48. The average Bonchev–Trinajstić information content (AvgIpc) is 3.09. The summed E-state index contributed by atoms with van der Waals surface area (Å²) in [5, 5.41) is 6.34. The molecule has 1 saturated carbocycles. The van der Waals surface area contributed by atoms with Crippen molar-refractivity contribution in [2.24, 2.45) is 0 Å². The van der Waals surface area contributed by atoms with Gasteiger partial charge in [0.05, 0.1) is 6.04 Å². The fourth-order valence-electron chi connectivity index (χ4n) is 3.54. The summed E-state index contributed by atoms with van der Waals surface area (Å²) in [7, 11) is 0. The molecule has 1 aliphatic heterocycles. The van der Waals surface area contributed by atoms with Gasteiger partial charge in [-0.05, 0) is 30.5 Å². The van der Waals surface area contributed by atoms with Crippen molar-refractivity contribution >= 4 is 17.7 Å². The maximum Gasteiger partial charge on any atom is 0.238 e. The van der Waals surface area contributed by atoms with E-state index in [0.29, 0.717) is 6.54 Å². The highest BCUT2D eigenvalue weighted by Gasteiger charge is 2.35. The van der Waals surface area contributed by atoms with Crippen LogP contribution in [0.25, 0.3) is 0 Å². The van der Waals surface area contributed by atoms with Gasteiger partial charge in [0.1, 0.15) is 5.82 Å². The van der Waals surface area contributed by atoms with Crippen LogP contribution < -0.4 is 10.6 Å². The predicted octanol–water partition coefficient (Wildman–Crippen LogP) is 2.81. The molecular formula is C17H23FN2OS. The zero-order chi connectivity index (χ0) is 15.4. The minimum atomic E-state index is -0.203. The second-order valence-corrected chi connectivity index (χ2v) is 7.37. The SMILES string of the molecule is O=C(NCC1(c2ccc(F)cc2)CCCCC1)C1CSCN1. The van der Waals surface area contributed by atoms with E-state index in [2.05, 4.69) is 10.6 Å². The second kappa shape index (κ2) is 7.01. The number of hydrogen-bond acceptors (Lipinski definition) is 3. The van der Waals surface area contributed by atoms with E-state index < -0.39 is 0 Å². The summed E-state index contributed by atoms with van der Waals surface area (Å²) >= 11 is 1.76. The van der Waals surface area contributed by atoms with Crippen LogP contribution in [0, 0.1) is 5.82 Å². The van der Waals surface area contributed by atoms with E-state index in [0.717, 1.165) is 30.0 Å². The Morgan fingerprint density at radius 3 is 2.64 bits per heavy atom. The number of thioether (sulfide) groups is 1. The van der Waals surface area contributed by atoms with Crippen molar-refractivity contribution in [1.82, 2.24) is 10.6 Å². The molecule has 1 heterocycles. The lowest BCUT2D eigenvalue weighted by molar-refractivity contribution is -0.122. The van der Waals surface area contributed by atoms with Crippen LogP contribution >= 0.6 is 11.8 Å². The third-order valence-corrected chi connectivity index (χ3v) is 5.84. The summed E-state index contributed by atoms with van der Waals surface area (Å²) in [6, 6.07) is 6.76. The van der Waals surface area contributed by atoms with Gasteiger partial charge < -0.3 is 5.32 Å².